The van der Waals surface area contributed by atoms with Crippen molar-refractivity contribution in [3.63, 3.8) is 0 Å². The van der Waals surface area contributed by atoms with Crippen LogP contribution in [-0.2, 0) is 4.74 Å². The number of carbonyl (C=O) groups is 2. The monoisotopic (exact) mass is 409 g/mol. The van der Waals surface area contributed by atoms with E-state index < -0.39 is 11.7 Å². The van der Waals surface area contributed by atoms with E-state index >= 15 is 0 Å². The summed E-state index contributed by atoms with van der Waals surface area (Å²) in [5.41, 5.74) is 1.42. The van der Waals surface area contributed by atoms with Gasteiger partial charge >= 0.3 is 6.09 Å². The van der Waals surface area contributed by atoms with Crippen molar-refractivity contribution in [2.45, 2.75) is 26.4 Å². The summed E-state index contributed by atoms with van der Waals surface area (Å²) in [7, 11) is 0. The second kappa shape index (κ2) is 9.11. The Balaban J connectivity index is 2.05. The first-order valence-electron chi connectivity index (χ1n) is 8.33. The number of amides is 1. The van der Waals surface area contributed by atoms with Crippen molar-refractivity contribution in [3.8, 4) is 16.9 Å². The second-order valence-electron chi connectivity index (χ2n) is 6.84. The molecule has 0 fully saturated rings. The fourth-order valence-electron chi connectivity index (χ4n) is 2.30. The summed E-state index contributed by atoms with van der Waals surface area (Å²) in [5.74, 6) is 0.497. The molecule has 0 atom stereocenters. The number of benzene rings is 2. The average Bonchev–Trinajstić information content (AvgIpc) is 2.56. The molecule has 0 radical (unpaired) electrons. The lowest BCUT2D eigenvalue weighted by Crippen LogP contribution is -2.34. The number of halogens is 2. The van der Waals surface area contributed by atoms with Crippen molar-refractivity contribution < 1.29 is 19.1 Å². The van der Waals surface area contributed by atoms with E-state index in [4.69, 9.17) is 32.7 Å². The molecule has 0 unspecified atom stereocenters. The molecule has 0 aliphatic heterocycles. The Kier molecular flexibility index (Phi) is 7.11. The highest BCUT2D eigenvalue weighted by atomic mass is 35.5. The van der Waals surface area contributed by atoms with Crippen LogP contribution in [0, 0.1) is 0 Å². The molecule has 1 amide bonds. The van der Waals surface area contributed by atoms with E-state index in [0.29, 0.717) is 21.4 Å². The van der Waals surface area contributed by atoms with Gasteiger partial charge in [-0.05, 0) is 68.3 Å². The van der Waals surface area contributed by atoms with Gasteiger partial charge in [0.05, 0.1) is 6.54 Å². The molecule has 144 valence electrons. The van der Waals surface area contributed by atoms with Crippen LogP contribution in [-0.4, -0.2) is 31.1 Å². The van der Waals surface area contributed by atoms with Crippen molar-refractivity contribution in [3.05, 3.63) is 52.0 Å². The zero-order chi connectivity index (χ0) is 20.0. The Bertz CT molecular complexity index is 811. The molecule has 2 rings (SSSR count). The Morgan fingerprint density at radius 1 is 1.04 bits per heavy atom. The number of ether oxygens (including phenoxy) is 2. The van der Waals surface area contributed by atoms with Gasteiger partial charge in [-0.2, -0.15) is 0 Å². The van der Waals surface area contributed by atoms with Crippen molar-refractivity contribution >= 4 is 35.6 Å². The first-order chi connectivity index (χ1) is 12.7. The van der Waals surface area contributed by atoms with Gasteiger partial charge in [0, 0.05) is 15.6 Å². The highest BCUT2D eigenvalue weighted by Crippen LogP contribution is 2.30. The predicted molar refractivity (Wildman–Crippen MR) is 107 cm³/mol. The zero-order valence-electron chi connectivity index (χ0n) is 15.3. The minimum absolute atomic E-state index is 0.220. The number of alkyl carbamates (subject to hydrolysis) is 1. The van der Waals surface area contributed by atoms with E-state index in [-0.39, 0.29) is 13.2 Å². The number of carbonyl (C=O) groups excluding carboxylic acids is 2. The van der Waals surface area contributed by atoms with E-state index in [1.54, 1.807) is 57.2 Å². The molecule has 27 heavy (non-hydrogen) atoms. The van der Waals surface area contributed by atoms with Crippen LogP contribution >= 0.6 is 23.2 Å². The third-order valence-electron chi connectivity index (χ3n) is 3.30. The van der Waals surface area contributed by atoms with Gasteiger partial charge in [0.25, 0.3) is 0 Å². The van der Waals surface area contributed by atoms with Crippen LogP contribution in [0.1, 0.15) is 31.1 Å². The zero-order valence-corrected chi connectivity index (χ0v) is 16.9. The van der Waals surface area contributed by atoms with Crippen LogP contribution in [0.5, 0.6) is 5.75 Å². The third-order valence-corrected chi connectivity index (χ3v) is 3.74. The van der Waals surface area contributed by atoms with Crippen LogP contribution < -0.4 is 10.1 Å². The van der Waals surface area contributed by atoms with Crippen molar-refractivity contribution in [1.82, 2.24) is 5.32 Å². The topological polar surface area (TPSA) is 64.6 Å². The molecule has 0 spiro atoms. The number of nitrogens with one attached hydrogen (secondary N) is 1. The van der Waals surface area contributed by atoms with Crippen molar-refractivity contribution in [2.75, 3.05) is 13.2 Å². The highest BCUT2D eigenvalue weighted by molar-refractivity contribution is 6.35. The van der Waals surface area contributed by atoms with E-state index in [0.717, 1.165) is 17.4 Å². The molecule has 0 aliphatic rings. The standard InChI is InChI=1S/C20H21Cl2NO4/c1-20(2,3)27-19(25)23-4-5-26-18-7-13(12-24)6-14(10-18)15-8-16(21)11-17(22)9-15/h6-12H,4-5H2,1-3H3,(H,23,25). The molecule has 0 aromatic heterocycles. The lowest BCUT2D eigenvalue weighted by Gasteiger charge is -2.19. The van der Waals surface area contributed by atoms with Gasteiger partial charge in [-0.3, -0.25) is 4.79 Å². The summed E-state index contributed by atoms with van der Waals surface area (Å²) in [5, 5.41) is 3.61. The molecule has 0 bridgehead atoms. The summed E-state index contributed by atoms with van der Waals surface area (Å²) in [4.78, 5) is 22.9. The maximum Gasteiger partial charge on any atom is 0.407 e. The average molecular weight is 410 g/mol. The Morgan fingerprint density at radius 3 is 2.26 bits per heavy atom. The highest BCUT2D eigenvalue weighted by Gasteiger charge is 2.15. The van der Waals surface area contributed by atoms with Crippen LogP contribution in [0.2, 0.25) is 10.0 Å². The van der Waals surface area contributed by atoms with Gasteiger partial charge in [0.15, 0.2) is 0 Å². The molecule has 0 saturated carbocycles. The summed E-state index contributed by atoms with van der Waals surface area (Å²) >= 11 is 12.1. The summed E-state index contributed by atoms with van der Waals surface area (Å²) in [6.07, 6.45) is 0.226. The largest absolute Gasteiger partial charge is 0.492 e. The van der Waals surface area contributed by atoms with Gasteiger partial charge in [0.2, 0.25) is 0 Å². The maximum atomic E-state index is 11.6. The lowest BCUT2D eigenvalue weighted by atomic mass is 10.0. The molecule has 0 heterocycles. The van der Waals surface area contributed by atoms with E-state index in [9.17, 15) is 9.59 Å². The molecule has 0 saturated heterocycles. The van der Waals surface area contributed by atoms with Gasteiger partial charge in [-0.1, -0.05) is 23.2 Å². The maximum absolute atomic E-state index is 11.6. The summed E-state index contributed by atoms with van der Waals surface area (Å²) in [6.45, 7) is 5.85. The molecular weight excluding hydrogens is 389 g/mol. The van der Waals surface area contributed by atoms with Gasteiger partial charge in [-0.15, -0.1) is 0 Å². The minimum Gasteiger partial charge on any atom is -0.492 e. The van der Waals surface area contributed by atoms with Crippen molar-refractivity contribution in [1.29, 1.82) is 0 Å². The molecule has 1 N–H and O–H groups in total. The van der Waals surface area contributed by atoms with E-state index in [2.05, 4.69) is 5.32 Å². The predicted octanol–water partition coefficient (Wildman–Crippen LogP) is 5.38. The second-order valence-corrected chi connectivity index (χ2v) is 7.72. The minimum atomic E-state index is -0.559. The fraction of sp³-hybridized carbons (Fsp3) is 0.300. The molecular formula is C20H21Cl2NO4. The number of rotatable bonds is 6. The fourth-order valence-corrected chi connectivity index (χ4v) is 2.82. The van der Waals surface area contributed by atoms with E-state index in [1.165, 1.54) is 0 Å². The van der Waals surface area contributed by atoms with Crippen LogP contribution in [0.15, 0.2) is 36.4 Å². The van der Waals surface area contributed by atoms with Crippen LogP contribution in [0.3, 0.4) is 0 Å². The molecule has 2 aromatic carbocycles. The smallest absolute Gasteiger partial charge is 0.407 e. The van der Waals surface area contributed by atoms with Crippen LogP contribution in [0.4, 0.5) is 4.79 Å². The van der Waals surface area contributed by atoms with E-state index in [1.807, 2.05) is 0 Å². The Labute approximate surface area is 168 Å². The Hall–Kier alpha value is -2.24. The Morgan fingerprint density at radius 2 is 1.67 bits per heavy atom. The lowest BCUT2D eigenvalue weighted by molar-refractivity contribution is 0.0520. The molecule has 7 heteroatoms. The SMILES string of the molecule is CC(C)(C)OC(=O)NCCOc1cc(C=O)cc(-c2cc(Cl)cc(Cl)c2)c1. The molecule has 5 nitrogen and oxygen atoms in total. The quantitative estimate of drug-likeness (QED) is 0.513. The first kappa shape index (κ1) is 21.1. The summed E-state index contributed by atoms with van der Waals surface area (Å²) in [6, 6.07) is 10.3. The third kappa shape index (κ3) is 7.12. The van der Waals surface area contributed by atoms with Crippen molar-refractivity contribution in [2.24, 2.45) is 0 Å². The number of hydrogen-bond acceptors (Lipinski definition) is 4. The van der Waals surface area contributed by atoms with Gasteiger partial charge in [-0.25, -0.2) is 4.79 Å². The number of hydrogen-bond donors (Lipinski definition) is 1. The van der Waals surface area contributed by atoms with Gasteiger partial charge < -0.3 is 14.8 Å². The van der Waals surface area contributed by atoms with Crippen LogP contribution in [0.25, 0.3) is 11.1 Å². The summed E-state index contributed by atoms with van der Waals surface area (Å²) < 4.78 is 10.8. The normalized spacial score (nSPS) is 11.0. The van der Waals surface area contributed by atoms with Gasteiger partial charge in [0.1, 0.15) is 24.2 Å². The molecule has 0 aliphatic carbocycles. The molecule has 2 aromatic rings. The first-order valence-corrected chi connectivity index (χ1v) is 9.08. The number of aldehydes is 1.